The Bertz CT molecular complexity index is 479. The molecule has 0 aliphatic heterocycles. The molecule has 106 valence electrons. The Morgan fingerprint density at radius 1 is 1.47 bits per heavy atom. The monoisotopic (exact) mass is 286 g/mol. The van der Waals surface area contributed by atoms with Crippen molar-refractivity contribution < 1.29 is 13.9 Å². The minimum atomic E-state index is -0.835. The van der Waals surface area contributed by atoms with Crippen LogP contribution in [0.15, 0.2) is 18.2 Å². The molecule has 1 N–H and O–H groups in total. The molecular formula is C12H18N2O4S. The Kier molecular flexibility index (Phi) is 5.75. The minimum Gasteiger partial charge on any atom is -0.496 e. The second-order valence-electron chi connectivity index (χ2n) is 4.29. The maximum absolute atomic E-state index is 11.0. The van der Waals surface area contributed by atoms with E-state index < -0.39 is 15.7 Å². The van der Waals surface area contributed by atoms with Gasteiger partial charge >= 0.3 is 0 Å². The van der Waals surface area contributed by atoms with Crippen LogP contribution < -0.4 is 10.1 Å². The van der Waals surface area contributed by atoms with Gasteiger partial charge in [0.2, 0.25) is 0 Å². The third-order valence-corrected chi connectivity index (χ3v) is 3.40. The first-order valence-corrected chi connectivity index (χ1v) is 7.55. The molecule has 0 heterocycles. The van der Waals surface area contributed by atoms with Crippen molar-refractivity contribution in [1.82, 2.24) is 0 Å². The van der Waals surface area contributed by atoms with Gasteiger partial charge in [-0.15, -0.1) is 0 Å². The van der Waals surface area contributed by atoms with E-state index in [0.29, 0.717) is 17.2 Å². The Morgan fingerprint density at radius 3 is 2.68 bits per heavy atom. The summed E-state index contributed by atoms with van der Waals surface area (Å²) in [5.41, 5.74) is 0.605. The summed E-state index contributed by atoms with van der Waals surface area (Å²) in [6, 6.07) is 4.61. The summed E-state index contributed by atoms with van der Waals surface area (Å²) in [5.74, 6) is 1.03. The van der Waals surface area contributed by atoms with Crippen LogP contribution in [0, 0.1) is 10.1 Å². The largest absolute Gasteiger partial charge is 0.496 e. The molecule has 0 amide bonds. The van der Waals surface area contributed by atoms with Gasteiger partial charge in [-0.3, -0.25) is 14.3 Å². The Hall–Kier alpha value is -1.63. The zero-order valence-electron chi connectivity index (χ0n) is 11.2. The van der Waals surface area contributed by atoms with E-state index >= 15 is 0 Å². The minimum absolute atomic E-state index is 0.0203. The summed E-state index contributed by atoms with van der Waals surface area (Å²) < 4.78 is 16.1. The van der Waals surface area contributed by atoms with Crippen molar-refractivity contribution in [1.29, 1.82) is 0 Å². The van der Waals surface area contributed by atoms with Crippen LogP contribution in [0.25, 0.3) is 0 Å². The summed E-state index contributed by atoms with van der Waals surface area (Å²) in [6.07, 6.45) is 2.39. The summed E-state index contributed by atoms with van der Waals surface area (Å²) >= 11 is 0. The second-order valence-corrected chi connectivity index (χ2v) is 5.84. The van der Waals surface area contributed by atoms with Crippen LogP contribution in [0.5, 0.6) is 5.75 Å². The Labute approximate surface area is 114 Å². The number of anilines is 1. The number of hydrogen-bond acceptors (Lipinski definition) is 5. The van der Waals surface area contributed by atoms with Crippen LogP contribution in [-0.4, -0.2) is 34.3 Å². The summed E-state index contributed by atoms with van der Waals surface area (Å²) in [6.45, 7) is 1.94. The lowest BCUT2D eigenvalue weighted by Gasteiger charge is -2.15. The van der Waals surface area contributed by atoms with Crippen LogP contribution in [0.4, 0.5) is 11.4 Å². The number of nitrogens with one attached hydrogen (secondary N) is 1. The average molecular weight is 286 g/mol. The number of ether oxygens (including phenoxy) is 1. The molecule has 1 aromatic rings. The molecular weight excluding hydrogens is 268 g/mol. The zero-order chi connectivity index (χ0) is 14.4. The predicted molar refractivity (Wildman–Crippen MR) is 76.3 cm³/mol. The van der Waals surface area contributed by atoms with Crippen molar-refractivity contribution >= 4 is 22.2 Å². The molecule has 2 atom stereocenters. The zero-order valence-corrected chi connectivity index (χ0v) is 12.0. The van der Waals surface area contributed by atoms with E-state index in [1.165, 1.54) is 19.2 Å². The quantitative estimate of drug-likeness (QED) is 0.613. The predicted octanol–water partition coefficient (Wildman–Crippen LogP) is 2.17. The number of rotatable bonds is 7. The van der Waals surface area contributed by atoms with Gasteiger partial charge in [-0.1, -0.05) is 0 Å². The van der Waals surface area contributed by atoms with Crippen molar-refractivity contribution in [2.24, 2.45) is 0 Å². The maximum atomic E-state index is 11.0. The van der Waals surface area contributed by atoms with Gasteiger partial charge in [0.1, 0.15) is 5.75 Å². The molecule has 7 heteroatoms. The number of non-ortho nitro benzene ring substituents is 1. The first-order chi connectivity index (χ1) is 8.92. The molecule has 0 saturated carbocycles. The standard InChI is InChI=1S/C12H18N2O4S/c1-9(4-5-19(3)17)13-10-6-11(14(15)16)8-12(7-10)18-2/h6-9,13H,4-5H2,1-3H3. The maximum Gasteiger partial charge on any atom is 0.275 e. The van der Waals surface area contributed by atoms with Gasteiger partial charge in [0.05, 0.1) is 18.1 Å². The number of nitrogens with zero attached hydrogens (tertiary/aromatic N) is 1. The Balaban J connectivity index is 2.79. The van der Waals surface area contributed by atoms with Gasteiger partial charge in [0.25, 0.3) is 5.69 Å². The molecule has 0 saturated heterocycles. The summed E-state index contributed by atoms with van der Waals surface area (Å²) in [5, 5.41) is 14.0. The first kappa shape index (κ1) is 15.4. The van der Waals surface area contributed by atoms with Crippen LogP contribution in [0.1, 0.15) is 13.3 Å². The fraction of sp³-hybridized carbons (Fsp3) is 0.500. The molecule has 19 heavy (non-hydrogen) atoms. The number of nitro groups is 1. The van der Waals surface area contributed by atoms with Gasteiger partial charge in [-0.05, 0) is 13.3 Å². The molecule has 0 spiro atoms. The SMILES string of the molecule is COc1cc(NC(C)CCS(C)=O)cc([N+](=O)[O-])c1. The van der Waals surface area contributed by atoms with Crippen LogP contribution in [0.3, 0.4) is 0 Å². The van der Waals surface area contributed by atoms with Crippen molar-refractivity contribution in [3.63, 3.8) is 0 Å². The lowest BCUT2D eigenvalue weighted by Crippen LogP contribution is -2.18. The molecule has 0 aromatic heterocycles. The van der Waals surface area contributed by atoms with Gasteiger partial charge in [0, 0.05) is 46.7 Å². The van der Waals surface area contributed by atoms with Crippen molar-refractivity contribution in [2.45, 2.75) is 19.4 Å². The number of methoxy groups -OCH3 is 1. The molecule has 6 nitrogen and oxygen atoms in total. The van der Waals surface area contributed by atoms with E-state index in [9.17, 15) is 14.3 Å². The van der Waals surface area contributed by atoms with E-state index in [2.05, 4.69) is 5.32 Å². The second kappa shape index (κ2) is 7.08. The molecule has 0 aliphatic rings. The van der Waals surface area contributed by atoms with Crippen molar-refractivity contribution in [3.8, 4) is 5.75 Å². The summed E-state index contributed by atoms with van der Waals surface area (Å²) in [7, 11) is 0.630. The topological polar surface area (TPSA) is 81.5 Å². The van der Waals surface area contributed by atoms with Crippen LogP contribution in [0.2, 0.25) is 0 Å². The van der Waals surface area contributed by atoms with Gasteiger partial charge in [-0.25, -0.2) is 0 Å². The highest BCUT2D eigenvalue weighted by Crippen LogP contribution is 2.26. The van der Waals surface area contributed by atoms with Crippen molar-refractivity contribution in [2.75, 3.05) is 24.4 Å². The smallest absolute Gasteiger partial charge is 0.275 e. The lowest BCUT2D eigenvalue weighted by atomic mass is 10.2. The highest BCUT2D eigenvalue weighted by atomic mass is 32.2. The summed E-state index contributed by atoms with van der Waals surface area (Å²) in [4.78, 5) is 10.3. The number of hydrogen-bond donors (Lipinski definition) is 1. The van der Waals surface area contributed by atoms with E-state index in [4.69, 9.17) is 4.74 Å². The fourth-order valence-corrected chi connectivity index (χ4v) is 2.27. The third-order valence-electron chi connectivity index (χ3n) is 2.59. The number of nitro benzene ring substituents is 1. The molecule has 0 bridgehead atoms. The van der Waals surface area contributed by atoms with Crippen LogP contribution in [-0.2, 0) is 10.8 Å². The number of benzene rings is 1. The van der Waals surface area contributed by atoms with Gasteiger partial charge in [-0.2, -0.15) is 0 Å². The highest BCUT2D eigenvalue weighted by molar-refractivity contribution is 7.84. The van der Waals surface area contributed by atoms with Crippen molar-refractivity contribution in [3.05, 3.63) is 28.3 Å². The van der Waals surface area contributed by atoms with Gasteiger partial charge in [0.15, 0.2) is 0 Å². The van der Waals surface area contributed by atoms with Gasteiger partial charge < -0.3 is 10.1 Å². The molecule has 2 unspecified atom stereocenters. The molecule has 0 radical (unpaired) electrons. The fourth-order valence-electron chi connectivity index (χ4n) is 1.59. The highest BCUT2D eigenvalue weighted by Gasteiger charge is 2.12. The van der Waals surface area contributed by atoms with E-state index in [-0.39, 0.29) is 11.7 Å². The lowest BCUT2D eigenvalue weighted by molar-refractivity contribution is -0.384. The third kappa shape index (κ3) is 5.25. The molecule has 1 rings (SSSR count). The van der Waals surface area contributed by atoms with E-state index in [1.807, 2.05) is 6.92 Å². The molecule has 0 fully saturated rings. The van der Waals surface area contributed by atoms with Crippen LogP contribution >= 0.6 is 0 Å². The first-order valence-electron chi connectivity index (χ1n) is 5.82. The molecule has 1 aromatic carbocycles. The normalized spacial score (nSPS) is 13.6. The van der Waals surface area contributed by atoms with E-state index in [1.54, 1.807) is 12.3 Å². The Morgan fingerprint density at radius 2 is 2.16 bits per heavy atom. The average Bonchev–Trinajstić information content (AvgIpc) is 2.35. The molecule has 0 aliphatic carbocycles. The van der Waals surface area contributed by atoms with E-state index in [0.717, 1.165) is 6.42 Å².